The van der Waals surface area contributed by atoms with Gasteiger partial charge in [0.1, 0.15) is 16.8 Å². The van der Waals surface area contributed by atoms with Crippen LogP contribution in [-0.4, -0.2) is 33.1 Å². The van der Waals surface area contributed by atoms with E-state index in [4.69, 9.17) is 16.3 Å². The third-order valence-electron chi connectivity index (χ3n) is 5.03. The maximum atomic E-state index is 13.3. The zero-order valence-electron chi connectivity index (χ0n) is 17.1. The number of hydrogen-bond donors (Lipinski definition) is 2. The predicted octanol–water partition coefficient (Wildman–Crippen LogP) is 4.26. The van der Waals surface area contributed by atoms with Crippen molar-refractivity contribution in [1.29, 1.82) is 0 Å². The Morgan fingerprint density at radius 3 is 2.70 bits per heavy atom. The summed E-state index contributed by atoms with van der Waals surface area (Å²) in [5.41, 5.74) is 7.20. The van der Waals surface area contributed by atoms with Crippen LogP contribution in [0, 0.1) is 20.8 Å². The minimum Gasteiger partial charge on any atom is -0.495 e. The van der Waals surface area contributed by atoms with Crippen LogP contribution in [0.15, 0.2) is 41.6 Å². The average molecular weight is 444 g/mol. The molecule has 1 amide bonds. The van der Waals surface area contributed by atoms with Crippen molar-refractivity contribution in [3.8, 4) is 5.75 Å². The van der Waals surface area contributed by atoms with Crippen LogP contribution in [0.5, 0.6) is 5.75 Å². The lowest BCUT2D eigenvalue weighted by atomic mass is 10.0. The standard InChI is InChI=1S/C21H22ClN5O2S/c1-11-5-7-16(12(2)9-11)23-20(28)19-18(14-6-8-17(29-4)15(22)10-14)26-27-13(3)24-25-21(27)30-19/h5-10,18-19,26H,1-4H3,(H,23,28)/t18-,19+/m1/s1. The lowest BCUT2D eigenvalue weighted by Gasteiger charge is -2.33. The van der Waals surface area contributed by atoms with Gasteiger partial charge in [-0.2, -0.15) is 0 Å². The van der Waals surface area contributed by atoms with Crippen LogP contribution in [0.3, 0.4) is 0 Å². The second kappa shape index (κ2) is 8.20. The van der Waals surface area contributed by atoms with Gasteiger partial charge in [-0.15, -0.1) is 10.2 Å². The first-order valence-corrected chi connectivity index (χ1v) is 10.7. The summed E-state index contributed by atoms with van der Waals surface area (Å²) in [5.74, 6) is 1.18. The molecule has 3 aromatic rings. The van der Waals surface area contributed by atoms with Crippen LogP contribution in [0.1, 0.15) is 28.6 Å². The van der Waals surface area contributed by atoms with Gasteiger partial charge >= 0.3 is 0 Å². The zero-order valence-corrected chi connectivity index (χ0v) is 18.6. The highest BCUT2D eigenvalue weighted by Crippen LogP contribution is 2.39. The fourth-order valence-corrected chi connectivity index (χ4v) is 4.84. The summed E-state index contributed by atoms with van der Waals surface area (Å²) in [6, 6.07) is 11.1. The van der Waals surface area contributed by atoms with E-state index in [-0.39, 0.29) is 11.9 Å². The van der Waals surface area contributed by atoms with Gasteiger partial charge in [-0.05, 0) is 50.1 Å². The Bertz CT molecular complexity index is 1120. The molecule has 0 aliphatic carbocycles. The average Bonchev–Trinajstić information content (AvgIpc) is 3.09. The smallest absolute Gasteiger partial charge is 0.240 e. The molecule has 4 rings (SSSR count). The Morgan fingerprint density at radius 1 is 1.20 bits per heavy atom. The molecule has 0 unspecified atom stereocenters. The number of anilines is 1. The molecule has 0 saturated carbocycles. The van der Waals surface area contributed by atoms with Crippen LogP contribution >= 0.6 is 23.4 Å². The van der Waals surface area contributed by atoms with Crippen molar-refractivity contribution in [2.45, 2.75) is 37.2 Å². The molecule has 30 heavy (non-hydrogen) atoms. The lowest BCUT2D eigenvalue weighted by Crippen LogP contribution is -2.41. The highest BCUT2D eigenvalue weighted by atomic mass is 35.5. The summed E-state index contributed by atoms with van der Waals surface area (Å²) in [5, 5.41) is 12.0. The van der Waals surface area contributed by atoms with E-state index in [0.717, 1.165) is 28.2 Å². The van der Waals surface area contributed by atoms with Gasteiger partial charge in [-0.3, -0.25) is 4.79 Å². The number of ether oxygens (including phenoxy) is 1. The van der Waals surface area contributed by atoms with Gasteiger partial charge in [0, 0.05) is 5.69 Å². The highest BCUT2D eigenvalue weighted by molar-refractivity contribution is 8.00. The lowest BCUT2D eigenvalue weighted by molar-refractivity contribution is -0.116. The van der Waals surface area contributed by atoms with Crippen molar-refractivity contribution in [1.82, 2.24) is 14.9 Å². The number of methoxy groups -OCH3 is 1. The molecule has 7 nitrogen and oxygen atoms in total. The molecule has 0 bridgehead atoms. The molecule has 2 N–H and O–H groups in total. The molecule has 1 aliphatic heterocycles. The molecule has 1 aromatic heterocycles. The molecule has 0 saturated heterocycles. The van der Waals surface area contributed by atoms with E-state index in [2.05, 4.69) is 20.9 Å². The molecule has 9 heteroatoms. The number of nitrogens with zero attached hydrogens (tertiary/aromatic N) is 3. The maximum Gasteiger partial charge on any atom is 0.240 e. The number of aromatic nitrogens is 3. The highest BCUT2D eigenvalue weighted by Gasteiger charge is 2.37. The molecule has 156 valence electrons. The second-order valence-electron chi connectivity index (χ2n) is 7.21. The Morgan fingerprint density at radius 2 is 2.00 bits per heavy atom. The van der Waals surface area contributed by atoms with Crippen LogP contribution in [0.4, 0.5) is 5.69 Å². The first kappa shape index (κ1) is 20.6. The van der Waals surface area contributed by atoms with Gasteiger partial charge in [0.05, 0.1) is 18.2 Å². The number of fused-ring (bicyclic) bond motifs is 1. The topological polar surface area (TPSA) is 81.1 Å². The first-order valence-electron chi connectivity index (χ1n) is 9.44. The number of rotatable bonds is 4. The number of nitrogens with one attached hydrogen (secondary N) is 2. The van der Waals surface area contributed by atoms with E-state index < -0.39 is 5.25 Å². The minimum atomic E-state index is -0.480. The van der Waals surface area contributed by atoms with E-state index in [0.29, 0.717) is 15.9 Å². The number of carbonyl (C=O) groups is 1. The molecule has 2 aromatic carbocycles. The maximum absolute atomic E-state index is 13.3. The second-order valence-corrected chi connectivity index (χ2v) is 8.73. The summed E-state index contributed by atoms with van der Waals surface area (Å²) in [4.78, 5) is 13.3. The summed E-state index contributed by atoms with van der Waals surface area (Å²) >= 11 is 7.73. The predicted molar refractivity (Wildman–Crippen MR) is 119 cm³/mol. The largest absolute Gasteiger partial charge is 0.495 e. The number of amides is 1. The van der Waals surface area contributed by atoms with Crippen molar-refractivity contribution >= 4 is 35.0 Å². The quantitative estimate of drug-likeness (QED) is 0.627. The number of aryl methyl sites for hydroxylation is 3. The number of carbonyl (C=O) groups excluding carboxylic acids is 1. The number of hydrogen-bond acceptors (Lipinski definition) is 6. The van der Waals surface area contributed by atoms with E-state index in [1.54, 1.807) is 17.9 Å². The molecular formula is C21H22ClN5O2S. The Hall–Kier alpha value is -2.71. The van der Waals surface area contributed by atoms with Gasteiger partial charge in [-0.1, -0.05) is 47.1 Å². The summed E-state index contributed by atoms with van der Waals surface area (Å²) < 4.78 is 7.06. The molecule has 0 fully saturated rings. The number of halogens is 1. The van der Waals surface area contributed by atoms with Crippen LogP contribution in [-0.2, 0) is 4.79 Å². The fraction of sp³-hybridized carbons (Fsp3) is 0.286. The molecule has 1 aliphatic rings. The van der Waals surface area contributed by atoms with E-state index in [9.17, 15) is 4.79 Å². The van der Waals surface area contributed by atoms with Crippen molar-refractivity contribution < 1.29 is 9.53 Å². The molecular weight excluding hydrogens is 422 g/mol. The van der Waals surface area contributed by atoms with Gasteiger partial charge < -0.3 is 15.5 Å². The van der Waals surface area contributed by atoms with Crippen LogP contribution in [0.2, 0.25) is 5.02 Å². The normalized spacial score (nSPS) is 17.8. The van der Waals surface area contributed by atoms with Crippen molar-refractivity contribution in [3.05, 3.63) is 63.9 Å². The Labute approximate surface area is 184 Å². The third-order valence-corrected chi connectivity index (χ3v) is 6.54. The summed E-state index contributed by atoms with van der Waals surface area (Å²) in [6.45, 7) is 5.87. The van der Waals surface area contributed by atoms with Gasteiger partial charge in [0.15, 0.2) is 0 Å². The molecule has 0 spiro atoms. The monoisotopic (exact) mass is 443 g/mol. The van der Waals surface area contributed by atoms with Gasteiger partial charge in [0.2, 0.25) is 11.1 Å². The van der Waals surface area contributed by atoms with Gasteiger partial charge in [-0.25, -0.2) is 4.68 Å². The number of thioether (sulfide) groups is 1. The molecule has 0 radical (unpaired) electrons. The van der Waals surface area contributed by atoms with Crippen molar-refractivity contribution in [3.63, 3.8) is 0 Å². The van der Waals surface area contributed by atoms with Crippen LogP contribution < -0.4 is 15.5 Å². The van der Waals surface area contributed by atoms with Gasteiger partial charge in [0.25, 0.3) is 0 Å². The van der Waals surface area contributed by atoms with E-state index in [1.807, 2.05) is 51.1 Å². The SMILES string of the molecule is COc1ccc([C@H]2Nn3c(C)nnc3S[C@@H]2C(=O)Nc2ccc(C)cc2C)cc1Cl. The van der Waals surface area contributed by atoms with E-state index in [1.165, 1.54) is 11.8 Å². The van der Waals surface area contributed by atoms with Crippen molar-refractivity contribution in [2.24, 2.45) is 0 Å². The van der Waals surface area contributed by atoms with E-state index >= 15 is 0 Å². The summed E-state index contributed by atoms with van der Waals surface area (Å²) in [7, 11) is 1.57. The zero-order chi connectivity index (χ0) is 21.4. The number of benzene rings is 2. The molecule has 2 atom stereocenters. The van der Waals surface area contributed by atoms with Crippen LogP contribution in [0.25, 0.3) is 0 Å². The first-order chi connectivity index (χ1) is 14.4. The Balaban J connectivity index is 1.69. The van der Waals surface area contributed by atoms with Crippen molar-refractivity contribution in [2.75, 3.05) is 17.9 Å². The minimum absolute atomic E-state index is 0.122. The summed E-state index contributed by atoms with van der Waals surface area (Å²) in [6.07, 6.45) is 0. The molecule has 2 heterocycles. The Kier molecular flexibility index (Phi) is 5.62. The third kappa shape index (κ3) is 3.85. The fourth-order valence-electron chi connectivity index (χ4n) is 3.44.